The Balaban J connectivity index is 2.07. The van der Waals surface area contributed by atoms with Gasteiger partial charge in [-0.25, -0.2) is 0 Å². The molecule has 2 nitrogen and oxygen atoms in total. The largest absolute Gasteiger partial charge is 0.399 e. The highest BCUT2D eigenvalue weighted by atomic mass is 16.3. The van der Waals surface area contributed by atoms with Crippen LogP contribution in [-0.4, -0.2) is 5.11 Å². The number of nitrogen functional groups attached to an aromatic ring is 1. The second-order valence-electron chi connectivity index (χ2n) is 5.64. The zero-order chi connectivity index (χ0) is 12.4. The van der Waals surface area contributed by atoms with E-state index in [9.17, 15) is 5.11 Å². The summed E-state index contributed by atoms with van der Waals surface area (Å²) in [5, 5.41) is 10.4. The number of anilines is 1. The maximum absolute atomic E-state index is 10.4. The lowest BCUT2D eigenvalue weighted by atomic mass is 9.73. The molecule has 0 aromatic heterocycles. The number of benzene rings is 1. The normalized spacial score (nSPS) is 31.1. The highest BCUT2D eigenvalue weighted by molar-refractivity contribution is 5.41. The van der Waals surface area contributed by atoms with Crippen LogP contribution < -0.4 is 5.73 Å². The number of hydrogen-bond donors (Lipinski definition) is 2. The van der Waals surface area contributed by atoms with Crippen LogP contribution >= 0.6 is 0 Å². The van der Waals surface area contributed by atoms with E-state index in [1.54, 1.807) is 0 Å². The molecule has 1 aliphatic carbocycles. The van der Waals surface area contributed by atoms with Gasteiger partial charge in [-0.15, -0.1) is 0 Å². The van der Waals surface area contributed by atoms with Gasteiger partial charge in [0.05, 0.1) is 6.10 Å². The summed E-state index contributed by atoms with van der Waals surface area (Å²) < 4.78 is 0. The maximum Gasteiger partial charge on any atom is 0.0819 e. The van der Waals surface area contributed by atoms with E-state index in [2.05, 4.69) is 13.8 Å². The summed E-state index contributed by atoms with van der Waals surface area (Å²) in [4.78, 5) is 0. The third kappa shape index (κ3) is 2.81. The summed E-state index contributed by atoms with van der Waals surface area (Å²) >= 11 is 0. The van der Waals surface area contributed by atoms with Gasteiger partial charge in [-0.3, -0.25) is 0 Å². The van der Waals surface area contributed by atoms with Crippen LogP contribution in [0.1, 0.15) is 44.8 Å². The summed E-state index contributed by atoms with van der Waals surface area (Å²) in [5.41, 5.74) is 7.47. The van der Waals surface area contributed by atoms with Gasteiger partial charge in [-0.1, -0.05) is 32.4 Å². The predicted octanol–water partition coefficient (Wildman–Crippen LogP) is 3.37. The Morgan fingerprint density at radius 3 is 2.65 bits per heavy atom. The van der Waals surface area contributed by atoms with Crippen LogP contribution in [0.3, 0.4) is 0 Å². The molecule has 0 spiro atoms. The summed E-state index contributed by atoms with van der Waals surface area (Å²) in [6.45, 7) is 4.61. The van der Waals surface area contributed by atoms with Crippen LogP contribution in [0.2, 0.25) is 0 Å². The van der Waals surface area contributed by atoms with Gasteiger partial charge in [0.15, 0.2) is 0 Å². The summed E-state index contributed by atoms with van der Waals surface area (Å²) in [7, 11) is 0. The molecular weight excluding hydrogens is 210 g/mol. The van der Waals surface area contributed by atoms with Crippen LogP contribution in [0.25, 0.3) is 0 Å². The van der Waals surface area contributed by atoms with E-state index >= 15 is 0 Å². The molecule has 2 heteroatoms. The molecule has 94 valence electrons. The van der Waals surface area contributed by atoms with Crippen molar-refractivity contribution in [2.24, 2.45) is 17.8 Å². The van der Waals surface area contributed by atoms with Gasteiger partial charge < -0.3 is 10.8 Å². The van der Waals surface area contributed by atoms with Crippen molar-refractivity contribution in [1.82, 2.24) is 0 Å². The molecule has 2 rings (SSSR count). The lowest BCUT2D eigenvalue weighted by Crippen LogP contribution is -2.25. The van der Waals surface area contributed by atoms with Crippen LogP contribution in [0.15, 0.2) is 24.3 Å². The van der Waals surface area contributed by atoms with Gasteiger partial charge >= 0.3 is 0 Å². The molecule has 0 saturated heterocycles. The molecule has 0 amide bonds. The lowest BCUT2D eigenvalue weighted by molar-refractivity contribution is 0.0561. The molecule has 17 heavy (non-hydrogen) atoms. The Morgan fingerprint density at radius 1 is 1.24 bits per heavy atom. The minimum atomic E-state index is -0.353. The minimum Gasteiger partial charge on any atom is -0.399 e. The molecule has 4 atom stereocenters. The van der Waals surface area contributed by atoms with Gasteiger partial charge in [-0.2, -0.15) is 0 Å². The molecule has 0 radical (unpaired) electrons. The molecule has 1 aliphatic rings. The minimum absolute atomic E-state index is 0.353. The van der Waals surface area contributed by atoms with Crippen molar-refractivity contribution in [3.63, 3.8) is 0 Å². The SMILES string of the molecule is CC1CCC(C(O)c2cccc(N)c2)CC1C. The van der Waals surface area contributed by atoms with Gasteiger partial charge in [0, 0.05) is 5.69 Å². The van der Waals surface area contributed by atoms with Gasteiger partial charge in [0.1, 0.15) is 0 Å². The fraction of sp³-hybridized carbons (Fsp3) is 0.600. The average molecular weight is 233 g/mol. The second kappa shape index (κ2) is 5.09. The van der Waals surface area contributed by atoms with E-state index < -0.39 is 0 Å². The first-order chi connectivity index (χ1) is 8.08. The van der Waals surface area contributed by atoms with Gasteiger partial charge in [-0.05, 0) is 48.3 Å². The van der Waals surface area contributed by atoms with Crippen molar-refractivity contribution >= 4 is 5.69 Å². The summed E-state index contributed by atoms with van der Waals surface area (Å²) in [6, 6.07) is 7.65. The molecule has 1 saturated carbocycles. The molecule has 0 heterocycles. The number of nitrogens with two attached hydrogens (primary N) is 1. The van der Waals surface area contributed by atoms with Crippen molar-refractivity contribution in [2.45, 2.75) is 39.2 Å². The van der Waals surface area contributed by atoms with E-state index in [4.69, 9.17) is 5.73 Å². The molecule has 1 aromatic carbocycles. The quantitative estimate of drug-likeness (QED) is 0.769. The molecule has 1 aromatic rings. The molecule has 1 fully saturated rings. The highest BCUT2D eigenvalue weighted by Gasteiger charge is 2.29. The smallest absolute Gasteiger partial charge is 0.0819 e. The first-order valence-electron chi connectivity index (χ1n) is 6.61. The average Bonchev–Trinajstić information content (AvgIpc) is 2.32. The number of aliphatic hydroxyl groups excluding tert-OH is 1. The zero-order valence-electron chi connectivity index (χ0n) is 10.8. The third-order valence-electron chi connectivity index (χ3n) is 4.34. The van der Waals surface area contributed by atoms with Crippen molar-refractivity contribution in [2.75, 3.05) is 5.73 Å². The van der Waals surface area contributed by atoms with Crippen molar-refractivity contribution in [3.05, 3.63) is 29.8 Å². The fourth-order valence-electron chi connectivity index (χ4n) is 2.89. The molecule has 3 N–H and O–H groups in total. The predicted molar refractivity (Wildman–Crippen MR) is 71.5 cm³/mol. The Morgan fingerprint density at radius 2 is 2.00 bits per heavy atom. The number of rotatable bonds is 2. The van der Waals surface area contributed by atoms with Gasteiger partial charge in [0.2, 0.25) is 0 Å². The van der Waals surface area contributed by atoms with E-state index in [-0.39, 0.29) is 6.10 Å². The van der Waals surface area contributed by atoms with Crippen LogP contribution in [0.4, 0.5) is 5.69 Å². The second-order valence-corrected chi connectivity index (χ2v) is 5.64. The van der Waals surface area contributed by atoms with Crippen molar-refractivity contribution in [3.8, 4) is 0 Å². The first-order valence-corrected chi connectivity index (χ1v) is 6.61. The van der Waals surface area contributed by atoms with Gasteiger partial charge in [0.25, 0.3) is 0 Å². The number of hydrogen-bond acceptors (Lipinski definition) is 2. The molecule has 0 aliphatic heterocycles. The zero-order valence-corrected chi connectivity index (χ0v) is 10.8. The number of aliphatic hydroxyl groups is 1. The Hall–Kier alpha value is -1.02. The summed E-state index contributed by atoms with van der Waals surface area (Å²) in [6.07, 6.45) is 3.12. The highest BCUT2D eigenvalue weighted by Crippen LogP contribution is 2.39. The van der Waals surface area contributed by atoms with Crippen LogP contribution in [0.5, 0.6) is 0 Å². The molecule has 4 unspecified atom stereocenters. The van der Waals surface area contributed by atoms with E-state index in [1.165, 1.54) is 6.42 Å². The topological polar surface area (TPSA) is 46.2 Å². The van der Waals surface area contributed by atoms with Crippen molar-refractivity contribution < 1.29 is 5.11 Å². The molecule has 0 bridgehead atoms. The third-order valence-corrected chi connectivity index (χ3v) is 4.34. The molecular formula is C15H23NO. The Labute approximate surface area is 104 Å². The van der Waals surface area contributed by atoms with E-state index in [0.29, 0.717) is 11.8 Å². The summed E-state index contributed by atoms with van der Waals surface area (Å²) in [5.74, 6) is 1.90. The van der Waals surface area contributed by atoms with Crippen LogP contribution in [0, 0.1) is 17.8 Å². The van der Waals surface area contributed by atoms with Crippen LogP contribution in [-0.2, 0) is 0 Å². The standard InChI is InChI=1S/C15H23NO/c1-10-6-7-13(8-11(10)2)15(17)12-4-3-5-14(16)9-12/h3-5,9-11,13,15,17H,6-8,16H2,1-2H3. The van der Waals surface area contributed by atoms with Crippen molar-refractivity contribution in [1.29, 1.82) is 0 Å². The Bertz CT molecular complexity index is 377. The Kier molecular flexibility index (Phi) is 3.72. The lowest BCUT2D eigenvalue weighted by Gasteiger charge is -2.34. The van der Waals surface area contributed by atoms with E-state index in [1.807, 2.05) is 24.3 Å². The monoisotopic (exact) mass is 233 g/mol. The maximum atomic E-state index is 10.4. The first kappa shape index (κ1) is 12.4. The fourth-order valence-corrected chi connectivity index (χ4v) is 2.89. The van der Waals surface area contributed by atoms with E-state index in [0.717, 1.165) is 30.0 Å².